The summed E-state index contributed by atoms with van der Waals surface area (Å²) in [5.74, 6) is -0.395. The van der Waals surface area contributed by atoms with Gasteiger partial charge < -0.3 is 9.05 Å². The normalized spacial score (nSPS) is 22.3. The Morgan fingerprint density at radius 2 is 1.79 bits per heavy atom. The Morgan fingerprint density at radius 1 is 1.12 bits per heavy atom. The van der Waals surface area contributed by atoms with E-state index in [0.29, 0.717) is 19.6 Å². The van der Waals surface area contributed by atoms with Crippen LogP contribution in [0, 0.1) is 0 Å². The molecule has 5 nitrogen and oxygen atoms in total. The summed E-state index contributed by atoms with van der Waals surface area (Å²) in [6.07, 6.45) is 0.422. The number of hydroxylamine groups is 2. The fraction of sp³-hybridized carbons (Fsp3) is 0.444. The van der Waals surface area contributed by atoms with Crippen LogP contribution >= 0.6 is 7.60 Å². The van der Waals surface area contributed by atoms with Crippen molar-refractivity contribution in [3.05, 3.63) is 48.0 Å². The van der Waals surface area contributed by atoms with Crippen molar-refractivity contribution >= 4 is 18.4 Å². The topological polar surface area (TPSA) is 48.0 Å². The molecule has 0 spiro atoms. The van der Waals surface area contributed by atoms with Gasteiger partial charge in [0.2, 0.25) is 0 Å². The minimum Gasteiger partial charge on any atom is -0.308 e. The van der Waals surface area contributed by atoms with Crippen LogP contribution in [0.2, 0.25) is 0 Å². The van der Waals surface area contributed by atoms with Gasteiger partial charge in [0.05, 0.1) is 13.2 Å². The first-order chi connectivity index (χ1) is 11.6. The minimum absolute atomic E-state index is 0.154. The van der Waals surface area contributed by atoms with Gasteiger partial charge in [0, 0.05) is 13.5 Å². The van der Waals surface area contributed by atoms with E-state index in [1.165, 1.54) is 10.8 Å². The first-order valence-corrected chi connectivity index (χ1v) is 9.95. The van der Waals surface area contributed by atoms with Gasteiger partial charge in [-0.15, -0.1) is 0 Å². The van der Waals surface area contributed by atoms with Gasteiger partial charge in [-0.1, -0.05) is 36.4 Å². The average Bonchev–Trinajstić information content (AvgIpc) is 2.97. The first kappa shape index (κ1) is 17.6. The highest BCUT2D eigenvalue weighted by Gasteiger charge is 2.46. The van der Waals surface area contributed by atoms with Crippen molar-refractivity contribution in [1.82, 2.24) is 5.06 Å². The summed E-state index contributed by atoms with van der Waals surface area (Å²) in [6, 6.07) is 14.5. The number of hydrogen-bond acceptors (Lipinski definition) is 5. The molecule has 0 N–H and O–H groups in total. The zero-order chi connectivity index (χ0) is 17.2. The second kappa shape index (κ2) is 7.34. The van der Waals surface area contributed by atoms with Gasteiger partial charge in [-0.2, -0.15) is 5.06 Å². The van der Waals surface area contributed by atoms with Gasteiger partial charge in [0.25, 0.3) is 0 Å². The minimum atomic E-state index is -3.23. The van der Waals surface area contributed by atoms with E-state index in [2.05, 4.69) is 30.3 Å². The molecule has 2 aromatic rings. The van der Waals surface area contributed by atoms with Crippen LogP contribution in [-0.4, -0.2) is 31.1 Å². The molecule has 1 aliphatic rings. The van der Waals surface area contributed by atoms with Crippen molar-refractivity contribution in [3.8, 4) is 0 Å². The summed E-state index contributed by atoms with van der Waals surface area (Å²) in [7, 11) is -1.44. The third-order valence-corrected chi connectivity index (χ3v) is 6.77. The van der Waals surface area contributed by atoms with Crippen molar-refractivity contribution in [3.63, 3.8) is 0 Å². The first-order valence-electron chi connectivity index (χ1n) is 8.34. The lowest BCUT2D eigenvalue weighted by Crippen LogP contribution is -2.25. The third kappa shape index (κ3) is 3.41. The average molecular weight is 349 g/mol. The molecule has 1 heterocycles. The molecule has 0 amide bonds. The van der Waals surface area contributed by atoms with Crippen molar-refractivity contribution in [2.75, 3.05) is 20.3 Å². The molecule has 1 saturated heterocycles. The molecule has 1 aliphatic heterocycles. The lowest BCUT2D eigenvalue weighted by molar-refractivity contribution is -0.137. The van der Waals surface area contributed by atoms with Gasteiger partial charge >= 0.3 is 7.60 Å². The Hall–Kier alpha value is -1.23. The van der Waals surface area contributed by atoms with E-state index in [4.69, 9.17) is 13.9 Å². The van der Waals surface area contributed by atoms with Crippen LogP contribution in [0.1, 0.15) is 31.9 Å². The van der Waals surface area contributed by atoms with Crippen LogP contribution < -0.4 is 0 Å². The van der Waals surface area contributed by atoms with Gasteiger partial charge in [-0.25, -0.2) is 0 Å². The largest absolute Gasteiger partial charge is 0.350 e. The summed E-state index contributed by atoms with van der Waals surface area (Å²) >= 11 is 0. The van der Waals surface area contributed by atoms with E-state index in [9.17, 15) is 4.57 Å². The molecular formula is C18H24NO4P. The number of fused-ring (bicyclic) bond motifs is 1. The summed E-state index contributed by atoms with van der Waals surface area (Å²) in [4.78, 5) is 5.95. The van der Waals surface area contributed by atoms with Crippen LogP contribution in [0.15, 0.2) is 42.5 Å². The van der Waals surface area contributed by atoms with Crippen molar-refractivity contribution < 1.29 is 18.5 Å². The molecule has 0 aromatic heterocycles. The van der Waals surface area contributed by atoms with E-state index >= 15 is 0 Å². The highest BCUT2D eigenvalue weighted by molar-refractivity contribution is 7.54. The fourth-order valence-electron chi connectivity index (χ4n) is 3.16. The summed E-state index contributed by atoms with van der Waals surface area (Å²) in [6.45, 7) is 4.34. The molecule has 6 heteroatoms. The molecule has 0 unspecified atom stereocenters. The molecule has 24 heavy (non-hydrogen) atoms. The molecule has 2 atom stereocenters. The standard InChI is InChI=1S/C18H24NO4P/c1-4-21-24(20,22-5-2)18-13-17(23-19(18)3)16-11-10-14-8-6-7-9-15(14)12-16/h6-12,17-18H,4-5,13H2,1-3H3/t17-,18+/m0/s1. The quantitative estimate of drug-likeness (QED) is 0.705. The zero-order valence-electron chi connectivity index (χ0n) is 14.3. The molecule has 130 valence electrons. The lowest BCUT2D eigenvalue weighted by Gasteiger charge is -2.25. The summed E-state index contributed by atoms with van der Waals surface area (Å²) in [5, 5.41) is 3.99. The molecular weight excluding hydrogens is 325 g/mol. The van der Waals surface area contributed by atoms with Crippen molar-refractivity contribution in [2.45, 2.75) is 32.2 Å². The van der Waals surface area contributed by atoms with E-state index < -0.39 is 13.4 Å². The number of nitrogens with zero attached hydrogens (tertiary/aromatic N) is 1. The Morgan fingerprint density at radius 3 is 2.46 bits per heavy atom. The lowest BCUT2D eigenvalue weighted by atomic mass is 10.0. The van der Waals surface area contributed by atoms with Crippen molar-refractivity contribution in [1.29, 1.82) is 0 Å². The maximum Gasteiger partial charge on any atom is 0.350 e. The highest BCUT2D eigenvalue weighted by Crippen LogP contribution is 2.59. The molecule has 0 aliphatic carbocycles. The molecule has 0 saturated carbocycles. The predicted molar refractivity (Wildman–Crippen MR) is 94.8 cm³/mol. The van der Waals surface area contributed by atoms with Crippen LogP contribution in [-0.2, 0) is 18.5 Å². The zero-order valence-corrected chi connectivity index (χ0v) is 15.2. The second-order valence-electron chi connectivity index (χ2n) is 5.84. The SMILES string of the molecule is CCOP(=O)(OCC)[C@@H]1C[C@@H](c2ccc3ccccc3c2)ON1C. The highest BCUT2D eigenvalue weighted by atomic mass is 31.2. The van der Waals surface area contributed by atoms with E-state index in [0.717, 1.165) is 5.56 Å². The van der Waals surface area contributed by atoms with Gasteiger partial charge in [-0.05, 0) is 36.2 Å². The van der Waals surface area contributed by atoms with Crippen LogP contribution in [0.3, 0.4) is 0 Å². The van der Waals surface area contributed by atoms with Gasteiger partial charge in [0.1, 0.15) is 11.9 Å². The number of rotatable bonds is 6. The molecule has 3 rings (SSSR count). The van der Waals surface area contributed by atoms with E-state index in [1.54, 1.807) is 12.1 Å². The molecule has 2 aromatic carbocycles. The fourth-order valence-corrected chi connectivity index (χ4v) is 5.20. The number of benzene rings is 2. The molecule has 0 radical (unpaired) electrons. The van der Waals surface area contributed by atoms with Crippen LogP contribution in [0.25, 0.3) is 10.8 Å². The van der Waals surface area contributed by atoms with E-state index in [1.807, 2.05) is 26.0 Å². The molecule has 0 bridgehead atoms. The smallest absolute Gasteiger partial charge is 0.308 e. The maximum atomic E-state index is 13.0. The third-order valence-electron chi connectivity index (χ3n) is 4.27. The second-order valence-corrected chi connectivity index (χ2v) is 8.03. The van der Waals surface area contributed by atoms with Crippen LogP contribution in [0.4, 0.5) is 0 Å². The van der Waals surface area contributed by atoms with E-state index in [-0.39, 0.29) is 6.10 Å². The maximum absolute atomic E-state index is 13.0. The van der Waals surface area contributed by atoms with Crippen molar-refractivity contribution in [2.24, 2.45) is 0 Å². The Balaban J connectivity index is 1.84. The Labute approximate surface area is 143 Å². The van der Waals surface area contributed by atoms with Gasteiger partial charge in [-0.3, -0.25) is 9.40 Å². The predicted octanol–water partition coefficient (Wildman–Crippen LogP) is 4.74. The molecule has 1 fully saturated rings. The summed E-state index contributed by atoms with van der Waals surface area (Å²) < 4.78 is 24.0. The number of hydrogen-bond donors (Lipinski definition) is 0. The van der Waals surface area contributed by atoms with Crippen LogP contribution in [0.5, 0.6) is 0 Å². The summed E-state index contributed by atoms with van der Waals surface area (Å²) in [5.41, 5.74) is 1.07. The monoisotopic (exact) mass is 349 g/mol. The Bertz CT molecular complexity index is 741. The Kier molecular flexibility index (Phi) is 5.38. The van der Waals surface area contributed by atoms with Gasteiger partial charge in [0.15, 0.2) is 0 Å².